The Kier molecular flexibility index (Phi) is 4.55. The first-order valence-corrected chi connectivity index (χ1v) is 6.81. The Morgan fingerprint density at radius 1 is 1.33 bits per heavy atom. The van der Waals surface area contributed by atoms with E-state index in [0.29, 0.717) is 6.54 Å². The summed E-state index contributed by atoms with van der Waals surface area (Å²) in [5, 5.41) is 3.41. The number of rotatable bonds is 5. The molecule has 4 heteroatoms. The predicted molar refractivity (Wildman–Crippen MR) is 75.8 cm³/mol. The molecule has 3 N–H and O–H groups in total. The minimum atomic E-state index is 0.560. The average molecular weight is 248 g/mol. The molecule has 1 aliphatic carbocycles. The molecule has 1 aliphatic rings. The van der Waals surface area contributed by atoms with Crippen LogP contribution >= 0.6 is 0 Å². The van der Waals surface area contributed by atoms with Crippen molar-refractivity contribution in [3.63, 3.8) is 0 Å². The third kappa shape index (κ3) is 3.21. The smallest absolute Gasteiger partial charge is 0.130 e. The molecule has 0 unspecified atom stereocenters. The van der Waals surface area contributed by atoms with Gasteiger partial charge in [-0.15, -0.1) is 0 Å². The van der Waals surface area contributed by atoms with Crippen LogP contribution in [0.25, 0.3) is 0 Å². The van der Waals surface area contributed by atoms with E-state index in [-0.39, 0.29) is 0 Å². The quantitative estimate of drug-likeness (QED) is 0.827. The number of anilines is 1. The summed E-state index contributed by atoms with van der Waals surface area (Å²) in [6, 6.07) is 2.25. The van der Waals surface area contributed by atoms with Crippen LogP contribution in [0.4, 0.5) is 5.82 Å². The monoisotopic (exact) mass is 248 g/mol. The molecule has 4 nitrogen and oxygen atoms in total. The molecule has 0 fully saturated rings. The number of aryl methyl sites for hydroxylation is 2. The number of nitrogens with zero attached hydrogens (tertiary/aromatic N) is 2. The molecule has 1 aromatic rings. The second kappa shape index (κ2) is 6.16. The summed E-state index contributed by atoms with van der Waals surface area (Å²) in [7, 11) is 4.15. The van der Waals surface area contributed by atoms with Gasteiger partial charge in [-0.05, 0) is 51.4 Å². The number of aromatic nitrogens is 1. The number of fused-ring (bicyclic) bond motifs is 1. The first kappa shape index (κ1) is 13.3. The lowest BCUT2D eigenvalue weighted by Crippen LogP contribution is -2.22. The zero-order chi connectivity index (χ0) is 13.0. The third-order valence-corrected chi connectivity index (χ3v) is 3.45. The molecule has 1 heterocycles. The van der Waals surface area contributed by atoms with E-state index in [1.807, 2.05) is 0 Å². The summed E-state index contributed by atoms with van der Waals surface area (Å²) in [4.78, 5) is 6.93. The van der Waals surface area contributed by atoms with Crippen molar-refractivity contribution in [2.24, 2.45) is 5.73 Å². The molecule has 0 radical (unpaired) electrons. The van der Waals surface area contributed by atoms with Gasteiger partial charge in [0.15, 0.2) is 0 Å². The standard InChI is InChI=1S/C14H24N4/c1-18(2)8-7-16-14-12(10-15)9-11-5-3-4-6-13(11)17-14/h9H,3-8,10,15H2,1-2H3,(H,16,17). The molecule has 0 aliphatic heterocycles. The second-order valence-corrected chi connectivity index (χ2v) is 5.24. The molecular formula is C14H24N4. The van der Waals surface area contributed by atoms with Gasteiger partial charge in [-0.25, -0.2) is 4.98 Å². The number of pyridine rings is 1. The van der Waals surface area contributed by atoms with Crippen LogP contribution in [0, 0.1) is 0 Å². The molecule has 0 bridgehead atoms. The van der Waals surface area contributed by atoms with Gasteiger partial charge in [0.1, 0.15) is 5.82 Å². The molecule has 0 aromatic carbocycles. The van der Waals surface area contributed by atoms with Crippen molar-refractivity contribution in [3.8, 4) is 0 Å². The largest absolute Gasteiger partial charge is 0.369 e. The maximum atomic E-state index is 5.82. The molecule has 0 saturated carbocycles. The van der Waals surface area contributed by atoms with Crippen molar-refractivity contribution in [1.29, 1.82) is 0 Å². The zero-order valence-corrected chi connectivity index (χ0v) is 11.5. The van der Waals surface area contributed by atoms with Gasteiger partial charge in [-0.2, -0.15) is 0 Å². The van der Waals surface area contributed by atoms with Gasteiger partial charge in [-0.1, -0.05) is 0 Å². The number of nitrogens with two attached hydrogens (primary N) is 1. The average Bonchev–Trinajstić information content (AvgIpc) is 2.37. The van der Waals surface area contributed by atoms with Crippen LogP contribution < -0.4 is 11.1 Å². The molecule has 0 spiro atoms. The van der Waals surface area contributed by atoms with Crippen LogP contribution in [-0.4, -0.2) is 37.1 Å². The fraction of sp³-hybridized carbons (Fsp3) is 0.643. The second-order valence-electron chi connectivity index (χ2n) is 5.24. The summed E-state index contributed by atoms with van der Waals surface area (Å²) in [5.74, 6) is 0.986. The van der Waals surface area contributed by atoms with Crippen LogP contribution in [0.5, 0.6) is 0 Å². The first-order chi connectivity index (χ1) is 8.70. The molecule has 0 atom stereocenters. The van der Waals surface area contributed by atoms with Crippen LogP contribution in [0.2, 0.25) is 0 Å². The Morgan fingerprint density at radius 2 is 2.11 bits per heavy atom. The number of nitrogens with one attached hydrogen (secondary N) is 1. The fourth-order valence-electron chi connectivity index (χ4n) is 2.39. The highest BCUT2D eigenvalue weighted by Crippen LogP contribution is 2.24. The van der Waals surface area contributed by atoms with E-state index < -0.39 is 0 Å². The topological polar surface area (TPSA) is 54.2 Å². The predicted octanol–water partition coefficient (Wildman–Crippen LogP) is 1.39. The maximum Gasteiger partial charge on any atom is 0.130 e. The van der Waals surface area contributed by atoms with Gasteiger partial charge in [0.05, 0.1) is 0 Å². The highest BCUT2D eigenvalue weighted by molar-refractivity contribution is 5.48. The minimum absolute atomic E-state index is 0.560. The van der Waals surface area contributed by atoms with E-state index in [0.717, 1.165) is 37.3 Å². The van der Waals surface area contributed by atoms with E-state index in [2.05, 4.69) is 30.4 Å². The highest BCUT2D eigenvalue weighted by Gasteiger charge is 2.14. The zero-order valence-electron chi connectivity index (χ0n) is 11.5. The summed E-state index contributed by atoms with van der Waals surface area (Å²) >= 11 is 0. The van der Waals surface area contributed by atoms with E-state index in [1.165, 1.54) is 24.1 Å². The van der Waals surface area contributed by atoms with Crippen molar-refractivity contribution < 1.29 is 0 Å². The Morgan fingerprint density at radius 3 is 2.83 bits per heavy atom. The van der Waals surface area contributed by atoms with Gasteiger partial charge in [0.25, 0.3) is 0 Å². The van der Waals surface area contributed by atoms with E-state index in [1.54, 1.807) is 0 Å². The van der Waals surface area contributed by atoms with Gasteiger partial charge >= 0.3 is 0 Å². The number of hydrogen-bond acceptors (Lipinski definition) is 4. The van der Waals surface area contributed by atoms with Crippen molar-refractivity contribution in [2.75, 3.05) is 32.5 Å². The van der Waals surface area contributed by atoms with Crippen molar-refractivity contribution >= 4 is 5.82 Å². The third-order valence-electron chi connectivity index (χ3n) is 3.45. The molecule has 18 heavy (non-hydrogen) atoms. The maximum absolute atomic E-state index is 5.82. The lowest BCUT2D eigenvalue weighted by molar-refractivity contribution is 0.425. The van der Waals surface area contributed by atoms with Gasteiger partial charge < -0.3 is 16.0 Å². The molecule has 0 amide bonds. The van der Waals surface area contributed by atoms with Crippen LogP contribution in [0.15, 0.2) is 6.07 Å². The normalized spacial score (nSPS) is 14.7. The fourth-order valence-corrected chi connectivity index (χ4v) is 2.39. The first-order valence-electron chi connectivity index (χ1n) is 6.81. The Hall–Kier alpha value is -1.13. The highest BCUT2D eigenvalue weighted by atomic mass is 15.1. The summed E-state index contributed by atoms with van der Waals surface area (Å²) < 4.78 is 0. The van der Waals surface area contributed by atoms with E-state index in [4.69, 9.17) is 10.7 Å². The van der Waals surface area contributed by atoms with Gasteiger partial charge in [0.2, 0.25) is 0 Å². The number of hydrogen-bond donors (Lipinski definition) is 2. The van der Waals surface area contributed by atoms with Crippen molar-refractivity contribution in [3.05, 3.63) is 22.9 Å². The van der Waals surface area contributed by atoms with Crippen LogP contribution in [-0.2, 0) is 19.4 Å². The summed E-state index contributed by atoms with van der Waals surface area (Å²) in [6.45, 7) is 2.47. The lowest BCUT2D eigenvalue weighted by atomic mass is 9.95. The van der Waals surface area contributed by atoms with E-state index in [9.17, 15) is 0 Å². The molecule has 1 aromatic heterocycles. The molecule has 2 rings (SSSR count). The minimum Gasteiger partial charge on any atom is -0.369 e. The van der Waals surface area contributed by atoms with Crippen LogP contribution in [0.3, 0.4) is 0 Å². The van der Waals surface area contributed by atoms with Gasteiger partial charge in [-0.3, -0.25) is 0 Å². The Labute approximate surface area is 110 Å². The Bertz CT molecular complexity index is 401. The summed E-state index contributed by atoms with van der Waals surface area (Å²) in [6.07, 6.45) is 4.82. The Balaban J connectivity index is 2.12. The van der Waals surface area contributed by atoms with Crippen molar-refractivity contribution in [1.82, 2.24) is 9.88 Å². The molecular weight excluding hydrogens is 224 g/mol. The lowest BCUT2D eigenvalue weighted by Gasteiger charge is -2.19. The molecule has 100 valence electrons. The SMILES string of the molecule is CN(C)CCNc1nc2c(cc1CN)CCCC2. The summed E-state index contributed by atoms with van der Waals surface area (Å²) in [5.41, 5.74) is 9.64. The van der Waals surface area contributed by atoms with E-state index >= 15 is 0 Å². The van der Waals surface area contributed by atoms with Crippen LogP contribution in [0.1, 0.15) is 29.7 Å². The molecule has 0 saturated heterocycles. The van der Waals surface area contributed by atoms with Gasteiger partial charge in [0, 0.05) is 30.9 Å². The van der Waals surface area contributed by atoms with Crippen molar-refractivity contribution in [2.45, 2.75) is 32.2 Å². The number of likely N-dealkylation sites (N-methyl/N-ethyl adjacent to an activating group) is 1.